The third kappa shape index (κ3) is 2.02. The number of hydrogen-bond donors (Lipinski definition) is 2. The fourth-order valence-corrected chi connectivity index (χ4v) is 1.97. The van der Waals surface area contributed by atoms with Crippen molar-refractivity contribution >= 4 is 6.03 Å². The molecule has 1 aliphatic rings. The van der Waals surface area contributed by atoms with Gasteiger partial charge >= 0.3 is 6.03 Å². The zero-order valence-corrected chi connectivity index (χ0v) is 9.26. The first kappa shape index (κ1) is 11.0. The van der Waals surface area contributed by atoms with Gasteiger partial charge in [0.2, 0.25) is 0 Å². The Morgan fingerprint density at radius 3 is 2.75 bits per heavy atom. The summed E-state index contributed by atoms with van der Waals surface area (Å²) in [5, 5.41) is 11.8. The van der Waals surface area contributed by atoms with Gasteiger partial charge in [0.05, 0.1) is 18.7 Å². The van der Waals surface area contributed by atoms with Crippen LogP contribution in [0, 0.1) is 0 Å². The number of benzene rings is 1. The topological polar surface area (TPSA) is 52.6 Å². The van der Waals surface area contributed by atoms with Crippen LogP contribution in [-0.4, -0.2) is 35.2 Å². The Morgan fingerprint density at radius 1 is 1.50 bits per heavy atom. The Kier molecular flexibility index (Phi) is 3.10. The molecule has 4 nitrogen and oxygen atoms in total. The summed E-state index contributed by atoms with van der Waals surface area (Å²) in [6.45, 7) is 2.55. The van der Waals surface area contributed by atoms with Crippen molar-refractivity contribution in [3.8, 4) is 0 Å². The number of nitrogens with zero attached hydrogens (tertiary/aromatic N) is 1. The lowest BCUT2D eigenvalue weighted by molar-refractivity contribution is 0.201. The average molecular weight is 220 g/mol. The van der Waals surface area contributed by atoms with Gasteiger partial charge in [-0.3, -0.25) is 0 Å². The molecule has 0 aliphatic carbocycles. The van der Waals surface area contributed by atoms with E-state index in [1.165, 1.54) is 0 Å². The lowest BCUT2D eigenvalue weighted by Crippen LogP contribution is -2.31. The molecule has 1 aromatic rings. The molecule has 0 spiro atoms. The number of urea groups is 1. The highest BCUT2D eigenvalue weighted by Crippen LogP contribution is 2.22. The maximum absolute atomic E-state index is 11.7. The molecule has 2 amide bonds. The van der Waals surface area contributed by atoms with Gasteiger partial charge in [-0.1, -0.05) is 30.3 Å². The lowest BCUT2D eigenvalue weighted by atomic mass is 10.1. The van der Waals surface area contributed by atoms with Gasteiger partial charge in [-0.25, -0.2) is 4.79 Å². The van der Waals surface area contributed by atoms with Crippen LogP contribution in [0.2, 0.25) is 0 Å². The van der Waals surface area contributed by atoms with Crippen LogP contribution in [0.1, 0.15) is 18.5 Å². The molecule has 4 heteroatoms. The molecular formula is C12H16N2O2. The van der Waals surface area contributed by atoms with E-state index in [9.17, 15) is 4.79 Å². The van der Waals surface area contributed by atoms with Crippen LogP contribution < -0.4 is 5.32 Å². The molecule has 0 aromatic heterocycles. The SMILES string of the molecule is C[C@H](c1ccccc1)N1CC(CO)NC1=O. The third-order valence-corrected chi connectivity index (χ3v) is 2.98. The van der Waals surface area contributed by atoms with E-state index in [1.807, 2.05) is 37.3 Å². The molecule has 1 unspecified atom stereocenters. The zero-order valence-electron chi connectivity index (χ0n) is 9.26. The highest BCUT2D eigenvalue weighted by Gasteiger charge is 2.31. The highest BCUT2D eigenvalue weighted by molar-refractivity contribution is 5.77. The third-order valence-electron chi connectivity index (χ3n) is 2.98. The van der Waals surface area contributed by atoms with Gasteiger partial charge in [-0.2, -0.15) is 0 Å². The zero-order chi connectivity index (χ0) is 11.5. The predicted octanol–water partition coefficient (Wildman–Crippen LogP) is 1.13. The number of carbonyl (C=O) groups excluding carboxylic acids is 1. The molecule has 1 fully saturated rings. The van der Waals surface area contributed by atoms with E-state index in [-0.39, 0.29) is 24.7 Å². The molecule has 2 atom stereocenters. The quantitative estimate of drug-likeness (QED) is 0.802. The summed E-state index contributed by atoms with van der Waals surface area (Å²) in [5.74, 6) is 0. The maximum Gasteiger partial charge on any atom is 0.318 e. The normalized spacial score (nSPS) is 22.0. The molecule has 86 valence electrons. The largest absolute Gasteiger partial charge is 0.394 e. The number of rotatable bonds is 3. The highest BCUT2D eigenvalue weighted by atomic mass is 16.3. The molecule has 0 bridgehead atoms. The minimum atomic E-state index is -0.140. The van der Waals surface area contributed by atoms with Crippen molar-refractivity contribution in [2.45, 2.75) is 19.0 Å². The Hall–Kier alpha value is -1.55. The molecule has 16 heavy (non-hydrogen) atoms. The van der Waals surface area contributed by atoms with E-state index in [0.29, 0.717) is 6.54 Å². The Labute approximate surface area is 94.9 Å². The van der Waals surface area contributed by atoms with Crippen LogP contribution in [0.25, 0.3) is 0 Å². The number of aliphatic hydroxyl groups is 1. The van der Waals surface area contributed by atoms with Gasteiger partial charge in [0.15, 0.2) is 0 Å². The van der Waals surface area contributed by atoms with Crippen LogP contribution in [0.5, 0.6) is 0 Å². The van der Waals surface area contributed by atoms with Crippen LogP contribution in [0.15, 0.2) is 30.3 Å². The van der Waals surface area contributed by atoms with Crippen molar-refractivity contribution < 1.29 is 9.90 Å². The number of nitrogens with one attached hydrogen (secondary N) is 1. The first-order valence-corrected chi connectivity index (χ1v) is 5.45. The van der Waals surface area contributed by atoms with Gasteiger partial charge in [0, 0.05) is 6.54 Å². The van der Waals surface area contributed by atoms with E-state index in [2.05, 4.69) is 5.32 Å². The standard InChI is InChI=1S/C12H16N2O2/c1-9(10-5-3-2-4-6-10)14-7-11(8-15)13-12(14)16/h2-6,9,11,15H,7-8H2,1H3,(H,13,16)/t9-,11?/m1/s1. The van der Waals surface area contributed by atoms with Gasteiger partial charge in [-0.15, -0.1) is 0 Å². The minimum Gasteiger partial charge on any atom is -0.394 e. The van der Waals surface area contributed by atoms with Gasteiger partial charge in [-0.05, 0) is 12.5 Å². The predicted molar refractivity (Wildman–Crippen MR) is 61.0 cm³/mol. The summed E-state index contributed by atoms with van der Waals surface area (Å²) in [4.78, 5) is 13.4. The number of aliphatic hydroxyl groups excluding tert-OH is 1. The second kappa shape index (κ2) is 4.53. The van der Waals surface area contributed by atoms with E-state index < -0.39 is 0 Å². The van der Waals surface area contributed by atoms with Crippen LogP contribution in [-0.2, 0) is 0 Å². The van der Waals surface area contributed by atoms with Crippen molar-refractivity contribution in [1.29, 1.82) is 0 Å². The van der Waals surface area contributed by atoms with Gasteiger partial charge in [0.25, 0.3) is 0 Å². The first-order chi connectivity index (χ1) is 7.72. The Morgan fingerprint density at radius 2 is 2.19 bits per heavy atom. The van der Waals surface area contributed by atoms with E-state index in [0.717, 1.165) is 5.56 Å². The fraction of sp³-hybridized carbons (Fsp3) is 0.417. The average Bonchev–Trinajstić information content (AvgIpc) is 2.71. The van der Waals surface area contributed by atoms with Crippen LogP contribution >= 0.6 is 0 Å². The molecule has 1 saturated heterocycles. The summed E-state index contributed by atoms with van der Waals surface area (Å²) < 4.78 is 0. The number of hydrogen-bond acceptors (Lipinski definition) is 2. The van der Waals surface area contributed by atoms with Crippen molar-refractivity contribution in [1.82, 2.24) is 10.2 Å². The lowest BCUT2D eigenvalue weighted by Gasteiger charge is -2.23. The van der Waals surface area contributed by atoms with Gasteiger partial charge < -0.3 is 15.3 Å². The summed E-state index contributed by atoms with van der Waals surface area (Å²) in [7, 11) is 0. The Bertz CT molecular complexity index is 367. The van der Waals surface area contributed by atoms with Crippen LogP contribution in [0.3, 0.4) is 0 Å². The van der Waals surface area contributed by atoms with Gasteiger partial charge in [0.1, 0.15) is 0 Å². The summed E-state index contributed by atoms with van der Waals surface area (Å²) in [6.07, 6.45) is 0. The van der Waals surface area contributed by atoms with E-state index in [4.69, 9.17) is 5.11 Å². The smallest absolute Gasteiger partial charge is 0.318 e. The molecule has 0 saturated carbocycles. The maximum atomic E-state index is 11.7. The van der Waals surface area contributed by atoms with Crippen LogP contribution in [0.4, 0.5) is 4.79 Å². The van der Waals surface area contributed by atoms with E-state index in [1.54, 1.807) is 4.90 Å². The van der Waals surface area contributed by atoms with Crippen molar-refractivity contribution in [2.24, 2.45) is 0 Å². The molecule has 1 aromatic carbocycles. The molecule has 1 heterocycles. The molecule has 2 rings (SSSR count). The summed E-state index contributed by atoms with van der Waals surface area (Å²) in [6, 6.07) is 9.68. The second-order valence-corrected chi connectivity index (χ2v) is 4.07. The fourth-order valence-electron chi connectivity index (χ4n) is 1.97. The number of carbonyl (C=O) groups is 1. The number of amides is 2. The van der Waals surface area contributed by atoms with Crippen molar-refractivity contribution in [3.05, 3.63) is 35.9 Å². The molecule has 0 radical (unpaired) electrons. The second-order valence-electron chi connectivity index (χ2n) is 4.07. The minimum absolute atomic E-state index is 0.0102. The van der Waals surface area contributed by atoms with E-state index >= 15 is 0 Å². The molecule has 1 aliphatic heterocycles. The monoisotopic (exact) mass is 220 g/mol. The van der Waals surface area contributed by atoms with Crippen molar-refractivity contribution in [2.75, 3.05) is 13.2 Å². The molecular weight excluding hydrogens is 204 g/mol. The Balaban J connectivity index is 2.11. The summed E-state index contributed by atoms with van der Waals surface area (Å²) in [5.41, 5.74) is 1.11. The first-order valence-electron chi connectivity index (χ1n) is 5.45. The molecule has 2 N–H and O–H groups in total. The summed E-state index contributed by atoms with van der Waals surface area (Å²) >= 11 is 0. The van der Waals surface area contributed by atoms with Crippen molar-refractivity contribution in [3.63, 3.8) is 0 Å².